The Balaban J connectivity index is 2.08. The zero-order chi connectivity index (χ0) is 14.0. The third kappa shape index (κ3) is 4.76. The van der Waals surface area contributed by atoms with Gasteiger partial charge in [0.15, 0.2) is 0 Å². The number of nitrogens with zero attached hydrogens (tertiary/aromatic N) is 1. The average Bonchev–Trinajstić information content (AvgIpc) is 3.02. The van der Waals surface area contributed by atoms with E-state index in [1.54, 1.807) is 0 Å². The molecule has 0 unspecified atom stereocenters. The number of aromatic nitrogens is 1. The standard InChI is InChI=1S/C15H26N2S2/c1-10(2)18-9-13-17-14(15(3,4)5)12(19-13)8-16-11-6-7-11/h10-11,16H,6-9H2,1-5H3. The molecular weight excluding hydrogens is 272 g/mol. The summed E-state index contributed by atoms with van der Waals surface area (Å²) >= 11 is 3.88. The van der Waals surface area contributed by atoms with Gasteiger partial charge < -0.3 is 5.32 Å². The summed E-state index contributed by atoms with van der Waals surface area (Å²) in [6.07, 6.45) is 2.69. The van der Waals surface area contributed by atoms with Gasteiger partial charge in [-0.25, -0.2) is 4.98 Å². The van der Waals surface area contributed by atoms with Gasteiger partial charge in [-0.15, -0.1) is 11.3 Å². The van der Waals surface area contributed by atoms with Crippen LogP contribution in [0.3, 0.4) is 0 Å². The van der Waals surface area contributed by atoms with E-state index in [1.165, 1.54) is 28.4 Å². The van der Waals surface area contributed by atoms with Gasteiger partial charge in [-0.3, -0.25) is 0 Å². The third-order valence-electron chi connectivity index (χ3n) is 3.12. The highest BCUT2D eigenvalue weighted by molar-refractivity contribution is 7.99. The smallest absolute Gasteiger partial charge is 0.103 e. The molecule has 1 fully saturated rings. The normalized spacial score (nSPS) is 16.3. The fourth-order valence-corrected chi connectivity index (χ4v) is 3.94. The molecule has 0 radical (unpaired) electrons. The molecule has 1 aliphatic rings. The second-order valence-electron chi connectivity index (χ2n) is 6.64. The van der Waals surface area contributed by atoms with E-state index in [4.69, 9.17) is 4.98 Å². The van der Waals surface area contributed by atoms with Crippen LogP contribution >= 0.6 is 23.1 Å². The molecule has 108 valence electrons. The highest BCUT2D eigenvalue weighted by Gasteiger charge is 2.25. The Hall–Kier alpha value is -0.0600. The summed E-state index contributed by atoms with van der Waals surface area (Å²) in [6.45, 7) is 12.3. The summed E-state index contributed by atoms with van der Waals surface area (Å²) in [5.74, 6) is 1.05. The molecule has 0 spiro atoms. The first-order valence-electron chi connectivity index (χ1n) is 7.20. The first-order chi connectivity index (χ1) is 8.86. The zero-order valence-electron chi connectivity index (χ0n) is 12.7. The number of hydrogen-bond donors (Lipinski definition) is 1. The molecule has 1 aliphatic carbocycles. The minimum atomic E-state index is 0.151. The Kier molecular flexibility index (Phi) is 4.96. The third-order valence-corrected chi connectivity index (χ3v) is 5.47. The lowest BCUT2D eigenvalue weighted by Gasteiger charge is -2.17. The predicted octanol–water partition coefficient (Wildman–Crippen LogP) is 4.33. The van der Waals surface area contributed by atoms with Gasteiger partial charge in [-0.2, -0.15) is 11.8 Å². The molecule has 0 bridgehead atoms. The van der Waals surface area contributed by atoms with Gasteiger partial charge in [0.2, 0.25) is 0 Å². The Labute approximate surface area is 125 Å². The maximum absolute atomic E-state index is 4.91. The fourth-order valence-electron chi connectivity index (χ4n) is 1.93. The number of thiazole rings is 1. The first kappa shape index (κ1) is 15.3. The maximum Gasteiger partial charge on any atom is 0.103 e. The van der Waals surface area contributed by atoms with Crippen LogP contribution in [0.4, 0.5) is 0 Å². The summed E-state index contributed by atoms with van der Waals surface area (Å²) in [7, 11) is 0. The van der Waals surface area contributed by atoms with E-state index in [-0.39, 0.29) is 5.41 Å². The minimum absolute atomic E-state index is 0.151. The Morgan fingerprint density at radius 3 is 2.58 bits per heavy atom. The molecule has 0 amide bonds. The van der Waals surface area contributed by atoms with Crippen LogP contribution in [0.5, 0.6) is 0 Å². The van der Waals surface area contributed by atoms with Crippen LogP contribution in [0, 0.1) is 0 Å². The predicted molar refractivity (Wildman–Crippen MR) is 87.1 cm³/mol. The number of hydrogen-bond acceptors (Lipinski definition) is 4. The van der Waals surface area contributed by atoms with Crippen molar-refractivity contribution in [3.63, 3.8) is 0 Å². The van der Waals surface area contributed by atoms with Crippen molar-refractivity contribution in [2.45, 2.75) is 76.5 Å². The molecule has 2 nitrogen and oxygen atoms in total. The summed E-state index contributed by atoms with van der Waals surface area (Å²) in [4.78, 5) is 6.35. The summed E-state index contributed by atoms with van der Waals surface area (Å²) in [6, 6.07) is 0.767. The van der Waals surface area contributed by atoms with Crippen LogP contribution in [-0.4, -0.2) is 16.3 Å². The second-order valence-corrected chi connectivity index (χ2v) is 9.38. The van der Waals surface area contributed by atoms with Gasteiger partial charge in [0, 0.05) is 28.6 Å². The van der Waals surface area contributed by atoms with Crippen molar-refractivity contribution in [2.75, 3.05) is 0 Å². The summed E-state index contributed by atoms with van der Waals surface area (Å²) in [5.41, 5.74) is 1.45. The molecular formula is C15H26N2S2. The first-order valence-corrected chi connectivity index (χ1v) is 9.07. The molecule has 0 atom stereocenters. The van der Waals surface area contributed by atoms with Crippen LogP contribution in [-0.2, 0) is 17.7 Å². The Morgan fingerprint density at radius 2 is 2.05 bits per heavy atom. The zero-order valence-corrected chi connectivity index (χ0v) is 14.4. The van der Waals surface area contributed by atoms with Crippen molar-refractivity contribution >= 4 is 23.1 Å². The molecule has 2 rings (SSSR count). The highest BCUT2D eigenvalue weighted by atomic mass is 32.2. The largest absolute Gasteiger partial charge is 0.309 e. The molecule has 1 aromatic rings. The molecule has 1 N–H and O–H groups in total. The van der Waals surface area contributed by atoms with Crippen LogP contribution in [0.15, 0.2) is 0 Å². The van der Waals surface area contributed by atoms with Gasteiger partial charge in [-0.05, 0) is 18.1 Å². The van der Waals surface area contributed by atoms with Crippen molar-refractivity contribution in [3.8, 4) is 0 Å². The minimum Gasteiger partial charge on any atom is -0.309 e. The van der Waals surface area contributed by atoms with Gasteiger partial charge in [0.25, 0.3) is 0 Å². The molecule has 1 heterocycles. The van der Waals surface area contributed by atoms with Crippen LogP contribution in [0.2, 0.25) is 0 Å². The number of rotatable bonds is 6. The lowest BCUT2D eigenvalue weighted by atomic mass is 9.91. The molecule has 0 saturated heterocycles. The lowest BCUT2D eigenvalue weighted by molar-refractivity contribution is 0.558. The van der Waals surface area contributed by atoms with Crippen molar-refractivity contribution in [2.24, 2.45) is 0 Å². The molecule has 1 saturated carbocycles. The van der Waals surface area contributed by atoms with Gasteiger partial charge in [0.1, 0.15) is 5.01 Å². The van der Waals surface area contributed by atoms with E-state index in [9.17, 15) is 0 Å². The quantitative estimate of drug-likeness (QED) is 0.846. The molecule has 1 aromatic heterocycles. The van der Waals surface area contributed by atoms with E-state index in [0.29, 0.717) is 5.25 Å². The van der Waals surface area contributed by atoms with Crippen molar-refractivity contribution < 1.29 is 0 Å². The van der Waals surface area contributed by atoms with Gasteiger partial charge in [-0.1, -0.05) is 34.6 Å². The monoisotopic (exact) mass is 298 g/mol. The van der Waals surface area contributed by atoms with Crippen molar-refractivity contribution in [3.05, 3.63) is 15.6 Å². The van der Waals surface area contributed by atoms with Gasteiger partial charge in [0.05, 0.1) is 5.69 Å². The van der Waals surface area contributed by atoms with Crippen LogP contribution in [0.1, 0.15) is 63.0 Å². The topological polar surface area (TPSA) is 24.9 Å². The van der Waals surface area contributed by atoms with E-state index < -0.39 is 0 Å². The Morgan fingerprint density at radius 1 is 1.37 bits per heavy atom. The van der Waals surface area contributed by atoms with Crippen LogP contribution in [0.25, 0.3) is 0 Å². The van der Waals surface area contributed by atoms with E-state index in [2.05, 4.69) is 39.9 Å². The molecule has 4 heteroatoms. The number of thioether (sulfide) groups is 1. The fraction of sp³-hybridized carbons (Fsp3) is 0.800. The van der Waals surface area contributed by atoms with E-state index in [1.807, 2.05) is 23.1 Å². The summed E-state index contributed by atoms with van der Waals surface area (Å²) in [5, 5.41) is 5.59. The highest BCUT2D eigenvalue weighted by Crippen LogP contribution is 2.32. The van der Waals surface area contributed by atoms with Gasteiger partial charge >= 0.3 is 0 Å². The SMILES string of the molecule is CC(C)SCc1nc(C(C)(C)C)c(CNC2CC2)s1. The average molecular weight is 299 g/mol. The van der Waals surface area contributed by atoms with E-state index in [0.717, 1.165) is 18.3 Å². The molecule has 0 aliphatic heterocycles. The molecule has 0 aromatic carbocycles. The second kappa shape index (κ2) is 6.15. The van der Waals surface area contributed by atoms with Crippen LogP contribution < -0.4 is 5.32 Å². The number of nitrogens with one attached hydrogen (secondary N) is 1. The van der Waals surface area contributed by atoms with E-state index >= 15 is 0 Å². The Bertz CT molecular complexity index is 414. The van der Waals surface area contributed by atoms with Crippen molar-refractivity contribution in [1.82, 2.24) is 10.3 Å². The molecule has 19 heavy (non-hydrogen) atoms. The summed E-state index contributed by atoms with van der Waals surface area (Å²) < 4.78 is 0. The lowest BCUT2D eigenvalue weighted by Crippen LogP contribution is -2.19. The van der Waals surface area contributed by atoms with Crippen molar-refractivity contribution in [1.29, 1.82) is 0 Å². The maximum atomic E-state index is 4.91.